The summed E-state index contributed by atoms with van der Waals surface area (Å²) in [6, 6.07) is 19.0. The number of benzene rings is 3. The smallest absolute Gasteiger partial charge is 0.264 e. The summed E-state index contributed by atoms with van der Waals surface area (Å²) in [4.78, 5) is 13.2. The summed E-state index contributed by atoms with van der Waals surface area (Å²) in [5, 5.41) is 2.90. The fraction of sp³-hybridized carbons (Fsp3) is 0.269. The number of nitrogens with zero attached hydrogens (tertiary/aromatic N) is 1. The molecule has 3 aromatic carbocycles. The molecule has 0 fully saturated rings. The van der Waals surface area contributed by atoms with Crippen molar-refractivity contribution in [1.82, 2.24) is 5.32 Å². The maximum atomic E-state index is 13.6. The van der Waals surface area contributed by atoms with Gasteiger partial charge in [0.2, 0.25) is 5.91 Å². The topological polar surface area (TPSA) is 75.7 Å². The first kappa shape index (κ1) is 24.3. The van der Waals surface area contributed by atoms with Gasteiger partial charge in [0.05, 0.1) is 23.7 Å². The van der Waals surface area contributed by atoms with Crippen LogP contribution in [-0.2, 0) is 14.8 Å². The largest absolute Gasteiger partial charge is 0.496 e. The Morgan fingerprint density at radius 3 is 2.27 bits per heavy atom. The number of amides is 1. The molecule has 3 rings (SSSR count). The molecular formula is C26H30N2O4S. The maximum absolute atomic E-state index is 13.6. The SMILES string of the molecule is COc1ccccc1[C@H](C)NC(=O)CN(c1ccc(C)c(C)c1)S(=O)(=O)c1ccc(C)cc1. The van der Waals surface area contributed by atoms with Crippen LogP contribution in [0.2, 0.25) is 0 Å². The number of hydrogen-bond acceptors (Lipinski definition) is 4. The van der Waals surface area contributed by atoms with Gasteiger partial charge in [-0.1, -0.05) is 42.0 Å². The lowest BCUT2D eigenvalue weighted by Crippen LogP contribution is -2.41. The maximum Gasteiger partial charge on any atom is 0.264 e. The summed E-state index contributed by atoms with van der Waals surface area (Å²) < 4.78 is 33.7. The van der Waals surface area contributed by atoms with E-state index in [0.29, 0.717) is 11.4 Å². The van der Waals surface area contributed by atoms with Crippen LogP contribution in [0.1, 0.15) is 35.2 Å². The number of carbonyl (C=O) groups excluding carboxylic acids is 1. The van der Waals surface area contributed by atoms with E-state index >= 15 is 0 Å². The van der Waals surface area contributed by atoms with E-state index in [2.05, 4.69) is 5.32 Å². The van der Waals surface area contributed by atoms with Gasteiger partial charge in [0.1, 0.15) is 12.3 Å². The third kappa shape index (κ3) is 5.54. The van der Waals surface area contributed by atoms with Crippen molar-refractivity contribution < 1.29 is 17.9 Å². The van der Waals surface area contributed by atoms with Crippen LogP contribution in [0.5, 0.6) is 5.75 Å². The Balaban J connectivity index is 1.93. The van der Waals surface area contributed by atoms with Gasteiger partial charge < -0.3 is 10.1 Å². The molecule has 0 aliphatic rings. The summed E-state index contributed by atoms with van der Waals surface area (Å²) in [5.74, 6) is 0.242. The fourth-order valence-corrected chi connectivity index (χ4v) is 4.97. The molecule has 0 heterocycles. The lowest BCUT2D eigenvalue weighted by atomic mass is 10.1. The van der Waals surface area contributed by atoms with Crippen molar-refractivity contribution in [2.45, 2.75) is 38.6 Å². The summed E-state index contributed by atoms with van der Waals surface area (Å²) in [7, 11) is -2.39. The third-order valence-electron chi connectivity index (χ3n) is 5.66. The molecule has 0 saturated heterocycles. The summed E-state index contributed by atoms with van der Waals surface area (Å²) >= 11 is 0. The molecule has 0 aromatic heterocycles. The number of nitrogens with one attached hydrogen (secondary N) is 1. The van der Waals surface area contributed by atoms with E-state index in [1.54, 1.807) is 43.5 Å². The van der Waals surface area contributed by atoms with Gasteiger partial charge in [0, 0.05) is 5.56 Å². The Labute approximate surface area is 196 Å². The zero-order valence-corrected chi connectivity index (χ0v) is 20.4. The third-order valence-corrected chi connectivity index (χ3v) is 7.45. The number of carbonyl (C=O) groups is 1. The number of anilines is 1. The molecule has 174 valence electrons. The molecule has 6 nitrogen and oxygen atoms in total. The van der Waals surface area contributed by atoms with E-state index in [0.717, 1.165) is 26.6 Å². The van der Waals surface area contributed by atoms with Crippen LogP contribution >= 0.6 is 0 Å². The van der Waals surface area contributed by atoms with Crippen molar-refractivity contribution in [3.05, 3.63) is 89.0 Å². The van der Waals surface area contributed by atoms with Gasteiger partial charge in [0.25, 0.3) is 10.0 Å². The molecule has 0 radical (unpaired) electrons. The summed E-state index contributed by atoms with van der Waals surface area (Å²) in [6.45, 7) is 7.26. The monoisotopic (exact) mass is 466 g/mol. The van der Waals surface area contributed by atoms with Gasteiger partial charge in [0.15, 0.2) is 0 Å². The first-order valence-corrected chi connectivity index (χ1v) is 12.2. The highest BCUT2D eigenvalue weighted by Crippen LogP contribution is 2.27. The van der Waals surface area contributed by atoms with Crippen LogP contribution in [0, 0.1) is 20.8 Å². The van der Waals surface area contributed by atoms with Crippen molar-refractivity contribution in [2.24, 2.45) is 0 Å². The first-order chi connectivity index (χ1) is 15.6. The minimum absolute atomic E-state index is 0.136. The molecule has 0 aliphatic carbocycles. The zero-order valence-electron chi connectivity index (χ0n) is 19.6. The second kappa shape index (κ2) is 10.1. The Morgan fingerprint density at radius 1 is 0.970 bits per heavy atom. The van der Waals surface area contributed by atoms with E-state index < -0.39 is 15.9 Å². The predicted molar refractivity (Wildman–Crippen MR) is 131 cm³/mol. The van der Waals surface area contributed by atoms with Gasteiger partial charge in [-0.05, 0) is 69.2 Å². The first-order valence-electron chi connectivity index (χ1n) is 10.7. The average Bonchev–Trinajstić information content (AvgIpc) is 2.79. The van der Waals surface area contributed by atoms with Gasteiger partial charge in [-0.25, -0.2) is 8.42 Å². The quantitative estimate of drug-likeness (QED) is 0.522. The van der Waals surface area contributed by atoms with Crippen LogP contribution in [0.25, 0.3) is 0 Å². The molecule has 1 atom stereocenters. The molecular weight excluding hydrogens is 436 g/mol. The molecule has 0 saturated carbocycles. The highest BCUT2D eigenvalue weighted by Gasteiger charge is 2.28. The number of para-hydroxylation sites is 1. The molecule has 33 heavy (non-hydrogen) atoms. The molecule has 0 bridgehead atoms. The van der Waals surface area contributed by atoms with Gasteiger partial charge >= 0.3 is 0 Å². The van der Waals surface area contributed by atoms with Crippen LogP contribution in [0.4, 0.5) is 5.69 Å². The second-order valence-corrected chi connectivity index (χ2v) is 9.99. The molecule has 7 heteroatoms. The normalized spacial score (nSPS) is 12.2. The lowest BCUT2D eigenvalue weighted by molar-refractivity contribution is -0.120. The number of rotatable bonds is 8. The Bertz CT molecular complexity index is 1240. The van der Waals surface area contributed by atoms with Crippen LogP contribution < -0.4 is 14.4 Å². The number of hydrogen-bond donors (Lipinski definition) is 1. The molecule has 0 aliphatic heterocycles. The second-order valence-electron chi connectivity index (χ2n) is 8.12. The van der Waals surface area contributed by atoms with Gasteiger partial charge in [-0.2, -0.15) is 0 Å². The molecule has 1 amide bonds. The molecule has 0 unspecified atom stereocenters. The van der Waals surface area contributed by atoms with Crippen molar-refractivity contribution in [2.75, 3.05) is 18.0 Å². The predicted octanol–water partition coefficient (Wildman–Crippen LogP) is 4.69. The van der Waals surface area contributed by atoms with Crippen molar-refractivity contribution >= 4 is 21.6 Å². The lowest BCUT2D eigenvalue weighted by Gasteiger charge is -2.26. The minimum Gasteiger partial charge on any atom is -0.496 e. The van der Waals surface area contributed by atoms with E-state index in [1.165, 1.54) is 0 Å². The van der Waals surface area contributed by atoms with Crippen LogP contribution in [-0.4, -0.2) is 28.0 Å². The van der Waals surface area contributed by atoms with E-state index in [9.17, 15) is 13.2 Å². The van der Waals surface area contributed by atoms with Crippen LogP contribution in [0.15, 0.2) is 71.6 Å². The minimum atomic E-state index is -3.96. The average molecular weight is 467 g/mol. The highest BCUT2D eigenvalue weighted by atomic mass is 32.2. The van der Waals surface area contributed by atoms with E-state index in [4.69, 9.17) is 4.74 Å². The van der Waals surface area contributed by atoms with Crippen LogP contribution in [0.3, 0.4) is 0 Å². The molecule has 1 N–H and O–H groups in total. The van der Waals surface area contributed by atoms with Crippen molar-refractivity contribution in [1.29, 1.82) is 0 Å². The number of sulfonamides is 1. The number of aryl methyl sites for hydroxylation is 3. The van der Waals surface area contributed by atoms with Gasteiger partial charge in [-0.3, -0.25) is 9.10 Å². The Hall–Kier alpha value is -3.32. The van der Waals surface area contributed by atoms with Crippen molar-refractivity contribution in [3.8, 4) is 5.75 Å². The van der Waals surface area contributed by atoms with E-state index in [1.807, 2.05) is 58.0 Å². The number of methoxy groups -OCH3 is 1. The zero-order chi connectivity index (χ0) is 24.2. The number of ether oxygens (including phenoxy) is 1. The standard InChI is InChI=1S/C26H30N2O4S/c1-18-10-14-23(15-11-18)33(30,31)28(22-13-12-19(2)20(3)16-22)17-26(29)27-21(4)24-8-6-7-9-25(24)32-5/h6-16,21H,17H2,1-5H3,(H,27,29)/t21-/m0/s1. The molecule has 3 aromatic rings. The Morgan fingerprint density at radius 2 is 1.64 bits per heavy atom. The molecule has 0 spiro atoms. The summed E-state index contributed by atoms with van der Waals surface area (Å²) in [6.07, 6.45) is 0. The highest BCUT2D eigenvalue weighted by molar-refractivity contribution is 7.92. The summed E-state index contributed by atoms with van der Waals surface area (Å²) in [5.41, 5.74) is 4.20. The van der Waals surface area contributed by atoms with Crippen molar-refractivity contribution in [3.63, 3.8) is 0 Å². The fourth-order valence-electron chi connectivity index (χ4n) is 3.55. The Kier molecular flexibility index (Phi) is 7.43. The van der Waals surface area contributed by atoms with E-state index in [-0.39, 0.29) is 17.5 Å². The van der Waals surface area contributed by atoms with Gasteiger partial charge in [-0.15, -0.1) is 0 Å².